The van der Waals surface area contributed by atoms with Gasteiger partial charge in [0.15, 0.2) is 0 Å². The summed E-state index contributed by atoms with van der Waals surface area (Å²) in [4.78, 5) is 12.0. The zero-order valence-corrected chi connectivity index (χ0v) is 13.1. The fraction of sp³-hybridized carbons (Fsp3) is 0.278. The second-order valence-electron chi connectivity index (χ2n) is 5.22. The predicted octanol–water partition coefficient (Wildman–Crippen LogP) is 3.55. The molecule has 2 aromatic rings. The van der Waals surface area contributed by atoms with Crippen molar-refractivity contribution < 1.29 is 9.53 Å². The van der Waals surface area contributed by atoms with E-state index in [2.05, 4.69) is 5.32 Å². The molecule has 0 fully saturated rings. The summed E-state index contributed by atoms with van der Waals surface area (Å²) in [6.45, 7) is 4.50. The maximum atomic E-state index is 12.0. The van der Waals surface area contributed by atoms with Crippen LogP contribution >= 0.6 is 0 Å². The van der Waals surface area contributed by atoms with Crippen LogP contribution in [0.3, 0.4) is 0 Å². The molecule has 0 aromatic heterocycles. The highest BCUT2D eigenvalue weighted by molar-refractivity contribution is 5.90. The highest BCUT2D eigenvalue weighted by Gasteiger charge is 2.06. The molecule has 1 amide bonds. The van der Waals surface area contributed by atoms with Gasteiger partial charge in [0.05, 0.1) is 12.3 Å². The summed E-state index contributed by atoms with van der Waals surface area (Å²) in [6, 6.07) is 13.4. The van der Waals surface area contributed by atoms with Crippen molar-refractivity contribution in [3.63, 3.8) is 0 Å². The van der Waals surface area contributed by atoms with Crippen molar-refractivity contribution in [2.45, 2.75) is 26.7 Å². The smallest absolute Gasteiger partial charge is 0.224 e. The second-order valence-corrected chi connectivity index (χ2v) is 5.22. The van der Waals surface area contributed by atoms with Gasteiger partial charge < -0.3 is 15.8 Å². The van der Waals surface area contributed by atoms with Crippen LogP contribution in [0.1, 0.15) is 24.5 Å². The Hall–Kier alpha value is -2.49. The molecule has 0 atom stereocenters. The average Bonchev–Trinajstić information content (AvgIpc) is 2.48. The van der Waals surface area contributed by atoms with E-state index in [0.717, 1.165) is 16.8 Å². The number of carbonyl (C=O) groups is 1. The number of hydrogen-bond acceptors (Lipinski definition) is 3. The Morgan fingerprint density at radius 3 is 2.73 bits per heavy atom. The Bertz CT molecular complexity index is 653. The lowest BCUT2D eigenvalue weighted by molar-refractivity contribution is -0.116. The van der Waals surface area contributed by atoms with E-state index < -0.39 is 0 Å². The molecule has 22 heavy (non-hydrogen) atoms. The van der Waals surface area contributed by atoms with Gasteiger partial charge in [0.2, 0.25) is 5.91 Å². The van der Waals surface area contributed by atoms with Gasteiger partial charge in [0.25, 0.3) is 0 Å². The van der Waals surface area contributed by atoms with Crippen LogP contribution in [0.2, 0.25) is 0 Å². The summed E-state index contributed by atoms with van der Waals surface area (Å²) in [7, 11) is 0. The van der Waals surface area contributed by atoms with E-state index in [1.807, 2.05) is 56.3 Å². The quantitative estimate of drug-likeness (QED) is 0.802. The number of nitrogens with two attached hydrogens (primary N) is 1. The van der Waals surface area contributed by atoms with E-state index in [4.69, 9.17) is 10.5 Å². The molecule has 0 spiro atoms. The molecule has 3 N–H and O–H groups in total. The highest BCUT2D eigenvalue weighted by Crippen LogP contribution is 2.23. The minimum absolute atomic E-state index is 0.00180. The standard InChI is InChI=1S/C18H22N2O2/c1-3-22-17-9-7-14(12-16(17)19)8-10-18(21)20-15-6-4-5-13(2)11-15/h4-7,9,11-12H,3,8,10,19H2,1-2H3,(H,20,21). The molecule has 0 heterocycles. The fourth-order valence-electron chi connectivity index (χ4n) is 2.24. The summed E-state index contributed by atoms with van der Waals surface area (Å²) in [5.74, 6) is 0.688. The molecule has 4 nitrogen and oxygen atoms in total. The fourth-order valence-corrected chi connectivity index (χ4v) is 2.24. The second kappa shape index (κ2) is 7.50. The molecule has 0 unspecified atom stereocenters. The molecule has 116 valence electrons. The van der Waals surface area contributed by atoms with Gasteiger partial charge in [0.1, 0.15) is 5.75 Å². The summed E-state index contributed by atoms with van der Waals surface area (Å²) in [5.41, 5.74) is 9.52. The lowest BCUT2D eigenvalue weighted by Crippen LogP contribution is -2.12. The minimum Gasteiger partial charge on any atom is -0.492 e. The zero-order chi connectivity index (χ0) is 15.9. The van der Waals surface area contributed by atoms with Crippen molar-refractivity contribution in [1.29, 1.82) is 0 Å². The van der Waals surface area contributed by atoms with Crippen molar-refractivity contribution in [3.8, 4) is 5.75 Å². The first kappa shape index (κ1) is 15.9. The first-order valence-corrected chi connectivity index (χ1v) is 7.46. The Morgan fingerprint density at radius 2 is 2.05 bits per heavy atom. The van der Waals surface area contributed by atoms with Crippen LogP contribution in [0.4, 0.5) is 11.4 Å². The highest BCUT2D eigenvalue weighted by atomic mass is 16.5. The normalized spacial score (nSPS) is 10.3. The molecule has 2 aromatic carbocycles. The van der Waals surface area contributed by atoms with Crippen LogP contribution in [0, 0.1) is 6.92 Å². The summed E-state index contributed by atoms with van der Waals surface area (Å²) < 4.78 is 5.40. The number of rotatable bonds is 6. The SMILES string of the molecule is CCOc1ccc(CCC(=O)Nc2cccc(C)c2)cc1N. The largest absolute Gasteiger partial charge is 0.492 e. The number of hydrogen-bond donors (Lipinski definition) is 2. The van der Waals surface area contributed by atoms with E-state index >= 15 is 0 Å². The van der Waals surface area contributed by atoms with Gasteiger partial charge in [-0.2, -0.15) is 0 Å². The molecular weight excluding hydrogens is 276 g/mol. The van der Waals surface area contributed by atoms with Crippen LogP contribution in [0.5, 0.6) is 5.75 Å². The van der Waals surface area contributed by atoms with Crippen LogP contribution < -0.4 is 15.8 Å². The Balaban J connectivity index is 1.89. The predicted molar refractivity (Wildman–Crippen MR) is 90.2 cm³/mol. The average molecular weight is 298 g/mol. The number of benzene rings is 2. The number of nitrogens with one attached hydrogen (secondary N) is 1. The zero-order valence-electron chi connectivity index (χ0n) is 13.1. The third-order valence-electron chi connectivity index (χ3n) is 3.32. The molecule has 0 bridgehead atoms. The van der Waals surface area contributed by atoms with E-state index in [0.29, 0.717) is 30.9 Å². The van der Waals surface area contributed by atoms with Gasteiger partial charge in [-0.05, 0) is 55.7 Å². The molecule has 0 saturated carbocycles. The van der Waals surface area contributed by atoms with Gasteiger partial charge in [0, 0.05) is 12.1 Å². The van der Waals surface area contributed by atoms with Crippen molar-refractivity contribution in [3.05, 3.63) is 53.6 Å². The van der Waals surface area contributed by atoms with Gasteiger partial charge in [-0.1, -0.05) is 18.2 Å². The maximum absolute atomic E-state index is 12.0. The van der Waals surface area contributed by atoms with Gasteiger partial charge in [-0.15, -0.1) is 0 Å². The van der Waals surface area contributed by atoms with E-state index in [9.17, 15) is 4.79 Å². The first-order valence-electron chi connectivity index (χ1n) is 7.46. The molecule has 0 aliphatic rings. The maximum Gasteiger partial charge on any atom is 0.224 e. The third-order valence-corrected chi connectivity index (χ3v) is 3.32. The summed E-state index contributed by atoms with van der Waals surface area (Å²) in [5, 5.41) is 2.90. The van der Waals surface area contributed by atoms with E-state index in [1.54, 1.807) is 0 Å². The molecular formula is C18H22N2O2. The van der Waals surface area contributed by atoms with Gasteiger partial charge in [-0.3, -0.25) is 4.79 Å². The Morgan fingerprint density at radius 1 is 1.23 bits per heavy atom. The molecule has 0 aliphatic carbocycles. The number of anilines is 2. The topological polar surface area (TPSA) is 64.3 Å². The molecule has 0 radical (unpaired) electrons. The monoisotopic (exact) mass is 298 g/mol. The number of carbonyl (C=O) groups excluding carboxylic acids is 1. The molecule has 2 rings (SSSR count). The Labute approximate surface area is 131 Å². The van der Waals surface area contributed by atoms with Crippen molar-refractivity contribution in [1.82, 2.24) is 0 Å². The molecule has 0 aliphatic heterocycles. The number of ether oxygens (including phenoxy) is 1. The van der Waals surface area contributed by atoms with Gasteiger partial charge in [-0.25, -0.2) is 0 Å². The van der Waals surface area contributed by atoms with Gasteiger partial charge >= 0.3 is 0 Å². The van der Waals surface area contributed by atoms with Crippen LogP contribution in [-0.2, 0) is 11.2 Å². The van der Waals surface area contributed by atoms with Crippen molar-refractivity contribution in [2.24, 2.45) is 0 Å². The minimum atomic E-state index is -0.00180. The summed E-state index contributed by atoms with van der Waals surface area (Å²) >= 11 is 0. The van der Waals surface area contributed by atoms with Crippen LogP contribution in [0.25, 0.3) is 0 Å². The van der Waals surface area contributed by atoms with Crippen molar-refractivity contribution in [2.75, 3.05) is 17.7 Å². The number of nitrogen functional groups attached to an aromatic ring is 1. The first-order chi connectivity index (χ1) is 10.6. The van der Waals surface area contributed by atoms with Crippen LogP contribution in [0.15, 0.2) is 42.5 Å². The summed E-state index contributed by atoms with van der Waals surface area (Å²) in [6.07, 6.45) is 1.07. The Kier molecular flexibility index (Phi) is 5.42. The van der Waals surface area contributed by atoms with E-state index in [-0.39, 0.29) is 5.91 Å². The molecule has 0 saturated heterocycles. The third kappa shape index (κ3) is 4.52. The molecule has 4 heteroatoms. The van der Waals surface area contributed by atoms with E-state index in [1.165, 1.54) is 0 Å². The number of amides is 1. The van der Waals surface area contributed by atoms with Crippen molar-refractivity contribution >= 4 is 17.3 Å². The van der Waals surface area contributed by atoms with Crippen LogP contribution in [-0.4, -0.2) is 12.5 Å². The lowest BCUT2D eigenvalue weighted by Gasteiger charge is -2.09. The lowest BCUT2D eigenvalue weighted by atomic mass is 10.1. The number of aryl methyl sites for hydroxylation is 2.